The topological polar surface area (TPSA) is 91.6 Å². The quantitative estimate of drug-likeness (QED) is 0.248. The smallest absolute Gasteiger partial charge is 0.262 e. The lowest BCUT2D eigenvalue weighted by Crippen LogP contribution is -2.56. The molecule has 3 rings (SSSR count). The van der Waals surface area contributed by atoms with E-state index in [-0.39, 0.29) is 23.5 Å². The number of fused-ring (bicyclic) bond motifs is 1. The number of rotatable bonds is 12. The first-order valence-corrected chi connectivity index (χ1v) is 14.1. The van der Waals surface area contributed by atoms with E-state index < -0.39 is 5.54 Å². The summed E-state index contributed by atoms with van der Waals surface area (Å²) in [6.07, 6.45) is 5.75. The third-order valence-electron chi connectivity index (χ3n) is 7.26. The van der Waals surface area contributed by atoms with Gasteiger partial charge in [-0.15, -0.1) is 0 Å². The zero-order valence-electron chi connectivity index (χ0n) is 23.6. The average Bonchev–Trinajstić information content (AvgIpc) is 3.19. The Morgan fingerprint density at radius 2 is 1.67 bits per heavy atom. The second-order valence-electron chi connectivity index (χ2n) is 10.3. The summed E-state index contributed by atoms with van der Waals surface area (Å²) in [4.78, 5) is 42.7. The number of aromatic hydroxyl groups is 1. The van der Waals surface area contributed by atoms with Crippen LogP contribution in [-0.4, -0.2) is 45.9 Å². The van der Waals surface area contributed by atoms with E-state index in [9.17, 15) is 19.5 Å². The lowest BCUT2D eigenvalue weighted by molar-refractivity contribution is -0.141. The number of nitrogens with one attached hydrogen (secondary N) is 1. The van der Waals surface area contributed by atoms with Crippen LogP contribution in [-0.2, 0) is 15.1 Å². The van der Waals surface area contributed by atoms with Crippen molar-refractivity contribution in [1.82, 2.24) is 14.8 Å². The molecule has 2 aromatic carbocycles. The number of benzene rings is 2. The molecule has 0 saturated heterocycles. The number of likely N-dealkylation sites (N-methyl/N-ethyl adjacent to an activating group) is 1. The molecular weight excluding hydrogens is 514 g/mol. The molecule has 0 aliphatic heterocycles. The van der Waals surface area contributed by atoms with Crippen LogP contribution in [0.5, 0.6) is 5.75 Å². The average molecular weight is 554 g/mol. The molecule has 1 heterocycles. The van der Waals surface area contributed by atoms with Crippen molar-refractivity contribution < 1.29 is 19.5 Å². The number of carbonyl (C=O) groups is 3. The largest absolute Gasteiger partial charge is 0.508 e. The summed E-state index contributed by atoms with van der Waals surface area (Å²) in [6, 6.07) is 11.4. The predicted molar refractivity (Wildman–Crippen MR) is 156 cm³/mol. The second kappa shape index (κ2) is 13.2. The normalized spacial score (nSPS) is 12.8. The molecule has 39 heavy (non-hydrogen) atoms. The van der Waals surface area contributed by atoms with E-state index in [4.69, 9.17) is 11.6 Å². The van der Waals surface area contributed by atoms with Crippen LogP contribution in [0.1, 0.15) is 87.3 Å². The van der Waals surface area contributed by atoms with Gasteiger partial charge in [0.2, 0.25) is 5.91 Å². The van der Waals surface area contributed by atoms with E-state index in [0.29, 0.717) is 52.1 Å². The number of phenols is 1. The van der Waals surface area contributed by atoms with Gasteiger partial charge in [0.1, 0.15) is 11.3 Å². The Morgan fingerprint density at radius 3 is 2.28 bits per heavy atom. The van der Waals surface area contributed by atoms with Gasteiger partial charge >= 0.3 is 0 Å². The maximum absolute atomic E-state index is 14.4. The van der Waals surface area contributed by atoms with Crippen LogP contribution >= 0.6 is 11.6 Å². The summed E-state index contributed by atoms with van der Waals surface area (Å²) < 4.78 is 1.56. The van der Waals surface area contributed by atoms with Crippen molar-refractivity contribution >= 4 is 40.2 Å². The molecule has 7 nitrogen and oxygen atoms in total. The Bertz CT molecular complexity index is 1330. The fourth-order valence-electron chi connectivity index (χ4n) is 5.39. The number of aromatic nitrogens is 1. The fraction of sp³-hybridized carbons (Fsp3) is 0.452. The van der Waals surface area contributed by atoms with Crippen LogP contribution in [0.3, 0.4) is 0 Å². The van der Waals surface area contributed by atoms with Gasteiger partial charge in [-0.3, -0.25) is 19.0 Å². The summed E-state index contributed by atoms with van der Waals surface area (Å²) in [5, 5.41) is 14.6. The van der Waals surface area contributed by atoms with Crippen molar-refractivity contribution in [3.05, 3.63) is 64.3 Å². The SMILES string of the molecule is CCCCCCC(NC(C)=O)(C(=O)N(C)CCCC)c1c(C)n(C(=O)c2ccc(Cl)cc2)c2ccc(O)cc12. The first-order valence-electron chi connectivity index (χ1n) is 13.8. The molecular formula is C31H40ClN3O4. The van der Waals surface area contributed by atoms with Crippen molar-refractivity contribution in [1.29, 1.82) is 0 Å². The molecule has 0 radical (unpaired) electrons. The highest BCUT2D eigenvalue weighted by Gasteiger charge is 2.46. The molecule has 2 N–H and O–H groups in total. The molecule has 0 fully saturated rings. The zero-order chi connectivity index (χ0) is 28.7. The molecule has 0 bridgehead atoms. The third kappa shape index (κ3) is 6.47. The van der Waals surface area contributed by atoms with Gasteiger partial charge in [-0.2, -0.15) is 0 Å². The highest BCUT2D eigenvalue weighted by atomic mass is 35.5. The van der Waals surface area contributed by atoms with Crippen LogP contribution in [0.15, 0.2) is 42.5 Å². The van der Waals surface area contributed by atoms with Gasteiger partial charge in [0, 0.05) is 47.7 Å². The van der Waals surface area contributed by atoms with Gasteiger partial charge < -0.3 is 15.3 Å². The Hall–Kier alpha value is -3.32. The highest BCUT2D eigenvalue weighted by Crippen LogP contribution is 2.41. The molecule has 0 aliphatic carbocycles. The van der Waals surface area contributed by atoms with Crippen molar-refractivity contribution in [2.24, 2.45) is 0 Å². The molecule has 0 aliphatic rings. The molecule has 0 saturated carbocycles. The number of hydrogen-bond donors (Lipinski definition) is 2. The number of nitrogens with zero attached hydrogens (tertiary/aromatic N) is 2. The summed E-state index contributed by atoms with van der Waals surface area (Å²) in [6.45, 7) is 7.92. The van der Waals surface area contributed by atoms with Gasteiger partial charge in [0.25, 0.3) is 11.8 Å². The number of amides is 2. The zero-order valence-corrected chi connectivity index (χ0v) is 24.4. The Labute approximate surface area is 236 Å². The predicted octanol–water partition coefficient (Wildman–Crippen LogP) is 6.56. The second-order valence-corrected chi connectivity index (χ2v) is 10.7. The summed E-state index contributed by atoms with van der Waals surface area (Å²) in [5.74, 6) is -0.853. The molecule has 2 amide bonds. The summed E-state index contributed by atoms with van der Waals surface area (Å²) >= 11 is 6.06. The van der Waals surface area contributed by atoms with Crippen LogP contribution in [0.4, 0.5) is 0 Å². The van der Waals surface area contributed by atoms with E-state index in [2.05, 4.69) is 19.2 Å². The van der Waals surface area contributed by atoms with Crippen molar-refractivity contribution in [3.8, 4) is 5.75 Å². The van der Waals surface area contributed by atoms with Gasteiger partial charge in [-0.05, 0) is 62.2 Å². The van der Waals surface area contributed by atoms with Gasteiger partial charge in [0.15, 0.2) is 0 Å². The number of unbranched alkanes of at least 4 members (excludes halogenated alkanes) is 4. The van der Waals surface area contributed by atoms with E-state index in [0.717, 1.165) is 32.1 Å². The van der Waals surface area contributed by atoms with E-state index in [1.165, 1.54) is 13.0 Å². The number of halogens is 1. The first kappa shape index (κ1) is 30.2. The van der Waals surface area contributed by atoms with Gasteiger partial charge in [-0.1, -0.05) is 57.6 Å². The fourth-order valence-corrected chi connectivity index (χ4v) is 5.51. The lowest BCUT2D eigenvalue weighted by Gasteiger charge is -2.37. The maximum Gasteiger partial charge on any atom is 0.262 e. The molecule has 8 heteroatoms. The molecule has 210 valence electrons. The van der Waals surface area contributed by atoms with E-state index >= 15 is 0 Å². The van der Waals surface area contributed by atoms with Crippen LogP contribution in [0.25, 0.3) is 10.9 Å². The highest BCUT2D eigenvalue weighted by molar-refractivity contribution is 6.30. The molecule has 1 atom stereocenters. The monoisotopic (exact) mass is 553 g/mol. The number of hydrogen-bond acceptors (Lipinski definition) is 4. The van der Waals surface area contributed by atoms with Crippen LogP contribution < -0.4 is 5.32 Å². The summed E-state index contributed by atoms with van der Waals surface area (Å²) in [7, 11) is 1.76. The Balaban J connectivity index is 2.34. The van der Waals surface area contributed by atoms with E-state index in [1.807, 2.05) is 0 Å². The molecule has 0 spiro atoms. The van der Waals surface area contributed by atoms with Gasteiger partial charge in [0.05, 0.1) is 5.52 Å². The van der Waals surface area contributed by atoms with Crippen LogP contribution in [0.2, 0.25) is 5.02 Å². The van der Waals surface area contributed by atoms with Crippen molar-refractivity contribution in [2.75, 3.05) is 13.6 Å². The first-order chi connectivity index (χ1) is 18.6. The maximum atomic E-state index is 14.4. The van der Waals surface area contributed by atoms with E-state index in [1.54, 1.807) is 59.8 Å². The molecule has 1 aromatic heterocycles. The van der Waals surface area contributed by atoms with Crippen LogP contribution in [0, 0.1) is 6.92 Å². The summed E-state index contributed by atoms with van der Waals surface area (Å²) in [5.41, 5.74) is 0.641. The minimum Gasteiger partial charge on any atom is -0.508 e. The Kier molecular flexibility index (Phi) is 10.2. The minimum atomic E-state index is -1.41. The number of carbonyl (C=O) groups excluding carboxylic acids is 3. The third-order valence-corrected chi connectivity index (χ3v) is 7.51. The molecule has 3 aromatic rings. The van der Waals surface area contributed by atoms with Crippen molar-refractivity contribution in [3.63, 3.8) is 0 Å². The van der Waals surface area contributed by atoms with Gasteiger partial charge in [-0.25, -0.2) is 0 Å². The standard InChI is InChI=1S/C31H40ClN3O4/c1-6-8-10-11-18-31(33-22(4)36,30(39)34(5)19-9-7-2)28-21(3)35(27-17-16-25(37)20-26(27)28)29(38)23-12-14-24(32)15-13-23/h12-17,20,37H,6-11,18-19H2,1-5H3,(H,33,36). The Morgan fingerprint density at radius 1 is 1.00 bits per heavy atom. The van der Waals surface area contributed by atoms with Crippen molar-refractivity contribution in [2.45, 2.75) is 78.2 Å². The molecule has 1 unspecified atom stereocenters. The number of phenolic OH excluding ortho intramolecular Hbond substituents is 1. The minimum absolute atomic E-state index is 0.00864. The lowest BCUT2D eigenvalue weighted by atomic mass is 9.81.